The molecule has 0 radical (unpaired) electrons. The van der Waals surface area contributed by atoms with Gasteiger partial charge in [-0.25, -0.2) is 0 Å². The van der Waals surface area contributed by atoms with E-state index in [0.717, 1.165) is 26.1 Å². The molecule has 2 atom stereocenters. The maximum Gasteiger partial charge on any atom is 0.261 e. The summed E-state index contributed by atoms with van der Waals surface area (Å²) in [4.78, 5) is 2.42. The van der Waals surface area contributed by atoms with Gasteiger partial charge in [0.25, 0.3) is 10.1 Å². The fourth-order valence-electron chi connectivity index (χ4n) is 2.21. The van der Waals surface area contributed by atoms with Crippen LogP contribution in [-0.2, 0) is 10.1 Å². The number of hydrogen-bond acceptors (Lipinski definition) is 4. The molecule has 1 rings (SSSR count). The van der Waals surface area contributed by atoms with Crippen molar-refractivity contribution in [3.05, 3.63) is 0 Å². The number of aliphatic hydroxyl groups excluding tert-OH is 1. The molecule has 2 N–H and O–H groups in total. The van der Waals surface area contributed by atoms with E-state index in [9.17, 15) is 13.5 Å². The first kappa shape index (κ1) is 17.8. The predicted molar refractivity (Wildman–Crippen MR) is 73.2 cm³/mol. The highest BCUT2D eigenvalue weighted by Gasteiger charge is 2.23. The summed E-state index contributed by atoms with van der Waals surface area (Å²) in [5, 5.41) is 9.78. The van der Waals surface area contributed by atoms with Crippen molar-refractivity contribution in [1.82, 2.24) is 4.90 Å². The summed E-state index contributed by atoms with van der Waals surface area (Å²) >= 11 is 0. The van der Waals surface area contributed by atoms with Crippen LogP contribution in [-0.4, -0.2) is 55.0 Å². The Morgan fingerprint density at radius 2 is 1.61 bits per heavy atom. The molecule has 6 heteroatoms. The van der Waals surface area contributed by atoms with Gasteiger partial charge in [-0.05, 0) is 31.8 Å². The zero-order chi connectivity index (χ0) is 14.2. The lowest BCUT2D eigenvalue weighted by atomic mass is 9.86. The minimum Gasteiger partial charge on any atom is -0.393 e. The molecule has 0 heterocycles. The fourth-order valence-corrected chi connectivity index (χ4v) is 2.21. The van der Waals surface area contributed by atoms with Gasteiger partial charge in [-0.3, -0.25) is 4.55 Å². The van der Waals surface area contributed by atoms with Crippen LogP contribution >= 0.6 is 0 Å². The van der Waals surface area contributed by atoms with E-state index in [1.807, 2.05) is 0 Å². The molecule has 1 saturated carbocycles. The molecule has 0 aromatic heterocycles. The predicted octanol–water partition coefficient (Wildman–Crippen LogP) is 1.38. The van der Waals surface area contributed by atoms with Gasteiger partial charge < -0.3 is 10.0 Å². The molecule has 1 aliphatic rings. The summed E-state index contributed by atoms with van der Waals surface area (Å²) in [6.45, 7) is 7.70. The number of hydrogen-bond donors (Lipinski definition) is 2. The van der Waals surface area contributed by atoms with Crippen LogP contribution in [0.3, 0.4) is 0 Å². The Balaban J connectivity index is 0.000000494. The summed E-state index contributed by atoms with van der Waals surface area (Å²) < 4.78 is 25.9. The molecule has 0 amide bonds. The average Bonchev–Trinajstić information content (AvgIpc) is 2.26. The molecule has 0 aromatic carbocycles. The highest BCUT2D eigenvalue weighted by atomic mass is 32.2. The van der Waals surface area contributed by atoms with Gasteiger partial charge in [-0.1, -0.05) is 26.7 Å². The van der Waals surface area contributed by atoms with Gasteiger partial charge in [0.05, 0.1) is 12.4 Å². The zero-order valence-electron chi connectivity index (χ0n) is 11.7. The fraction of sp³-hybridized carbons (Fsp3) is 1.00. The SMILES string of the molecule is CCN(CC)C[C@@H]1CCCC[C@H]1O.CS(=O)(=O)O. The van der Waals surface area contributed by atoms with E-state index in [2.05, 4.69) is 18.7 Å². The second-order valence-electron chi connectivity index (χ2n) is 4.83. The van der Waals surface area contributed by atoms with Crippen LogP contribution in [0.5, 0.6) is 0 Å². The van der Waals surface area contributed by atoms with E-state index in [0.29, 0.717) is 12.2 Å². The van der Waals surface area contributed by atoms with Crippen LogP contribution in [0.15, 0.2) is 0 Å². The second kappa shape index (κ2) is 8.85. The van der Waals surface area contributed by atoms with Crippen molar-refractivity contribution < 1.29 is 18.1 Å². The Hall–Kier alpha value is -0.170. The van der Waals surface area contributed by atoms with Crippen LogP contribution < -0.4 is 0 Å². The highest BCUT2D eigenvalue weighted by Crippen LogP contribution is 2.24. The summed E-state index contributed by atoms with van der Waals surface area (Å²) in [6, 6.07) is 0. The molecule has 110 valence electrons. The Bertz CT molecular complexity index is 293. The van der Waals surface area contributed by atoms with Gasteiger partial charge in [0.2, 0.25) is 0 Å². The second-order valence-corrected chi connectivity index (χ2v) is 6.30. The van der Waals surface area contributed by atoms with Gasteiger partial charge in [0, 0.05) is 6.54 Å². The standard InChI is InChI=1S/C11H23NO.CH4O3S/c1-3-12(4-2)9-10-7-5-6-8-11(10)13;1-5(2,3)4/h10-11,13H,3-9H2,1-2H3;1H3,(H,2,3,4)/t10-,11+;/m0./s1. The van der Waals surface area contributed by atoms with Crippen LogP contribution in [0.2, 0.25) is 0 Å². The highest BCUT2D eigenvalue weighted by molar-refractivity contribution is 7.85. The largest absolute Gasteiger partial charge is 0.393 e. The summed E-state index contributed by atoms with van der Waals surface area (Å²) in [7, 11) is -3.67. The van der Waals surface area contributed by atoms with Gasteiger partial charge in [0.1, 0.15) is 0 Å². The molecule has 0 bridgehead atoms. The molecule has 1 aliphatic carbocycles. The molecule has 1 fully saturated rings. The topological polar surface area (TPSA) is 77.8 Å². The van der Waals surface area contributed by atoms with Gasteiger partial charge in [0.15, 0.2) is 0 Å². The van der Waals surface area contributed by atoms with Crippen molar-refractivity contribution in [3.63, 3.8) is 0 Å². The van der Waals surface area contributed by atoms with Gasteiger partial charge in [-0.15, -0.1) is 0 Å². The molecule has 0 saturated heterocycles. The normalized spacial score (nSPS) is 24.6. The van der Waals surface area contributed by atoms with Crippen LogP contribution in [0.1, 0.15) is 39.5 Å². The Morgan fingerprint density at radius 3 is 2.00 bits per heavy atom. The van der Waals surface area contributed by atoms with Crippen LogP contribution in [0, 0.1) is 5.92 Å². The maximum absolute atomic E-state index is 9.78. The zero-order valence-corrected chi connectivity index (χ0v) is 12.5. The third-order valence-corrected chi connectivity index (χ3v) is 3.26. The average molecular weight is 281 g/mol. The lowest BCUT2D eigenvalue weighted by Crippen LogP contribution is -2.36. The van der Waals surface area contributed by atoms with Crippen molar-refractivity contribution >= 4 is 10.1 Å². The maximum atomic E-state index is 9.78. The van der Waals surface area contributed by atoms with E-state index in [1.165, 1.54) is 19.3 Å². The van der Waals surface area contributed by atoms with E-state index in [1.54, 1.807) is 0 Å². The minimum absolute atomic E-state index is 0.0330. The Kier molecular flexibility index (Phi) is 8.77. The number of aliphatic hydroxyl groups is 1. The third kappa shape index (κ3) is 9.82. The van der Waals surface area contributed by atoms with Crippen molar-refractivity contribution in [2.24, 2.45) is 5.92 Å². The molecule has 0 unspecified atom stereocenters. The van der Waals surface area contributed by atoms with Crippen molar-refractivity contribution in [2.45, 2.75) is 45.6 Å². The van der Waals surface area contributed by atoms with Gasteiger partial charge >= 0.3 is 0 Å². The van der Waals surface area contributed by atoms with Crippen LogP contribution in [0.4, 0.5) is 0 Å². The Morgan fingerprint density at radius 1 is 1.17 bits per heavy atom. The molecule has 0 aromatic rings. The van der Waals surface area contributed by atoms with E-state index in [4.69, 9.17) is 4.55 Å². The Labute approximate surface area is 111 Å². The minimum atomic E-state index is -3.67. The monoisotopic (exact) mass is 281 g/mol. The van der Waals surface area contributed by atoms with E-state index < -0.39 is 10.1 Å². The summed E-state index contributed by atoms with van der Waals surface area (Å²) in [6.07, 6.45) is 5.45. The molecule has 5 nitrogen and oxygen atoms in total. The smallest absolute Gasteiger partial charge is 0.261 e. The van der Waals surface area contributed by atoms with Crippen LogP contribution in [0.25, 0.3) is 0 Å². The summed E-state index contributed by atoms with van der Waals surface area (Å²) in [5.41, 5.74) is 0. The van der Waals surface area contributed by atoms with Crippen molar-refractivity contribution in [2.75, 3.05) is 25.9 Å². The first-order chi connectivity index (χ1) is 8.27. The molecule has 0 aliphatic heterocycles. The van der Waals surface area contributed by atoms with Gasteiger partial charge in [-0.2, -0.15) is 8.42 Å². The lowest BCUT2D eigenvalue weighted by molar-refractivity contribution is 0.0485. The first-order valence-electron chi connectivity index (χ1n) is 6.60. The third-order valence-electron chi connectivity index (χ3n) is 3.26. The quantitative estimate of drug-likeness (QED) is 0.761. The molecule has 18 heavy (non-hydrogen) atoms. The number of rotatable bonds is 4. The molecular weight excluding hydrogens is 254 g/mol. The number of nitrogens with zero attached hydrogens (tertiary/aromatic N) is 1. The van der Waals surface area contributed by atoms with Crippen molar-refractivity contribution in [3.8, 4) is 0 Å². The summed E-state index contributed by atoms with van der Waals surface area (Å²) in [5.74, 6) is 0.536. The van der Waals surface area contributed by atoms with E-state index in [-0.39, 0.29) is 6.10 Å². The van der Waals surface area contributed by atoms with E-state index >= 15 is 0 Å². The molecular formula is C12H27NO4S. The first-order valence-corrected chi connectivity index (χ1v) is 8.45. The van der Waals surface area contributed by atoms with Crippen molar-refractivity contribution in [1.29, 1.82) is 0 Å². The molecule has 0 spiro atoms. The lowest BCUT2D eigenvalue weighted by Gasteiger charge is -2.31.